The quantitative estimate of drug-likeness (QED) is 0.0164. The van der Waals surface area contributed by atoms with Gasteiger partial charge >= 0.3 is 11.9 Å². The van der Waals surface area contributed by atoms with Gasteiger partial charge in [-0.2, -0.15) is 4.57 Å². The van der Waals surface area contributed by atoms with Crippen molar-refractivity contribution in [1.29, 1.82) is 0 Å². The van der Waals surface area contributed by atoms with E-state index in [0.717, 1.165) is 49.7 Å². The fourth-order valence-corrected chi connectivity index (χ4v) is 7.89. The zero-order valence-electron chi connectivity index (χ0n) is 34.2. The van der Waals surface area contributed by atoms with Gasteiger partial charge in [-0.1, -0.05) is 82.8 Å². The summed E-state index contributed by atoms with van der Waals surface area (Å²) >= 11 is 0. The van der Waals surface area contributed by atoms with Crippen LogP contribution in [0.1, 0.15) is 16.7 Å². The molecule has 2 unspecified atom stereocenters. The third-order valence-electron chi connectivity index (χ3n) is 8.84. The number of allylic oxidation sites excluding steroid dienone is 4. The number of aliphatic imine (C=N–C) groups is 1. The van der Waals surface area contributed by atoms with E-state index in [9.17, 15) is 49.8 Å². The third-order valence-corrected chi connectivity index (χ3v) is 11.3. The average molecular weight is 892 g/mol. The summed E-state index contributed by atoms with van der Waals surface area (Å²) < 4.78 is 1.60. The average Bonchev–Trinajstić information content (AvgIpc) is 3.26. The Balaban J connectivity index is 1.42. The van der Waals surface area contributed by atoms with Gasteiger partial charge in [-0.15, -0.1) is 0 Å². The molecule has 332 valence electrons. The molecule has 2 aromatic carbocycles. The Morgan fingerprint density at radius 3 is 1.53 bits per heavy atom. The van der Waals surface area contributed by atoms with Crippen LogP contribution in [-0.4, -0.2) is 143 Å². The summed E-state index contributed by atoms with van der Waals surface area (Å²) in [5.41, 5.74) is 5.18. The van der Waals surface area contributed by atoms with Crippen LogP contribution in [-0.2, 0) is 25.7 Å². The number of benzene rings is 2. The lowest BCUT2D eigenvalue weighted by Gasteiger charge is -2.22. The van der Waals surface area contributed by atoms with Crippen molar-refractivity contribution < 1.29 is 54.4 Å². The number of aliphatic hydroxyl groups is 4. The van der Waals surface area contributed by atoms with Gasteiger partial charge in [0.15, 0.2) is 12.4 Å². The highest BCUT2D eigenvalue weighted by atomic mass is 33.1. The summed E-state index contributed by atoms with van der Waals surface area (Å²) in [6.45, 7) is 4.88. The van der Waals surface area contributed by atoms with Crippen molar-refractivity contribution in [3.05, 3.63) is 120 Å². The lowest BCUT2D eigenvalue weighted by molar-refractivity contribution is -0.684. The second-order valence-electron chi connectivity index (χ2n) is 13.4. The molecule has 0 fully saturated rings. The molecule has 0 aliphatic heterocycles. The number of amides is 2. The molecule has 0 radical (unpaired) electrons. The van der Waals surface area contributed by atoms with E-state index in [4.69, 9.17) is 0 Å². The van der Waals surface area contributed by atoms with Gasteiger partial charge in [0, 0.05) is 67.4 Å². The van der Waals surface area contributed by atoms with E-state index in [1.54, 1.807) is 35.2 Å². The van der Waals surface area contributed by atoms with Crippen LogP contribution in [0.2, 0.25) is 0 Å². The Bertz CT molecular complexity index is 1980. The van der Waals surface area contributed by atoms with Crippen LogP contribution in [0.15, 0.2) is 108 Å². The minimum Gasteiger partial charge on any atom is -0.480 e. The number of nitrogens with zero attached hydrogens (tertiary/aromatic N) is 4. The molecule has 0 spiro atoms. The monoisotopic (exact) mass is 891 g/mol. The molecule has 0 saturated heterocycles. The Kier molecular flexibility index (Phi) is 23.4. The van der Waals surface area contributed by atoms with Gasteiger partial charge in [0.2, 0.25) is 12.5 Å². The van der Waals surface area contributed by atoms with Gasteiger partial charge in [0.25, 0.3) is 5.91 Å². The van der Waals surface area contributed by atoms with E-state index >= 15 is 0 Å². The Morgan fingerprint density at radius 1 is 0.661 bits per heavy atom. The van der Waals surface area contributed by atoms with Crippen LogP contribution >= 0.6 is 21.6 Å². The fraction of sp³-hybridized carbons (Fsp3) is 0.318. The summed E-state index contributed by atoms with van der Waals surface area (Å²) in [5, 5.41) is 61.3. The van der Waals surface area contributed by atoms with Crippen LogP contribution in [0.5, 0.6) is 0 Å². The number of carbonyl (C=O) groups excluding carboxylic acids is 2. The van der Waals surface area contributed by atoms with Crippen LogP contribution < -0.4 is 25.0 Å². The molecule has 2 atom stereocenters. The van der Waals surface area contributed by atoms with Crippen molar-refractivity contribution in [2.24, 2.45) is 4.99 Å². The number of carbonyl (C=O) groups is 4. The maximum Gasteiger partial charge on any atom is 0.327 e. The molecule has 62 heavy (non-hydrogen) atoms. The lowest BCUT2D eigenvalue weighted by Crippen LogP contribution is -2.49. The van der Waals surface area contributed by atoms with E-state index in [1.165, 1.54) is 6.21 Å². The Morgan fingerprint density at radius 2 is 1.10 bits per heavy atom. The highest BCUT2D eigenvalue weighted by molar-refractivity contribution is 8.76. The number of hydrogen-bond donors (Lipinski definition) is 8. The number of anilines is 2. The number of nitrogens with one attached hydrogen (secondary N) is 2. The minimum atomic E-state index is -1.27. The molecule has 0 aliphatic rings. The largest absolute Gasteiger partial charge is 0.480 e. The van der Waals surface area contributed by atoms with E-state index in [-0.39, 0.29) is 51.0 Å². The summed E-state index contributed by atoms with van der Waals surface area (Å²) in [6.07, 6.45) is 15.6. The molecule has 1 aromatic heterocycles. The summed E-state index contributed by atoms with van der Waals surface area (Å²) in [6, 6.07) is 16.4. The normalized spacial score (nSPS) is 12.7. The number of rotatable bonds is 29. The first-order valence-corrected chi connectivity index (χ1v) is 22.1. The van der Waals surface area contributed by atoms with Gasteiger partial charge in [-0.3, -0.25) is 14.6 Å². The number of carboxylic acid groups (broad SMARTS) is 2. The molecule has 0 bridgehead atoms. The number of hydrogen-bond acceptors (Lipinski definition) is 13. The van der Waals surface area contributed by atoms with Gasteiger partial charge in [-0.25, -0.2) is 9.59 Å². The minimum absolute atomic E-state index is 0.0201. The molecule has 0 saturated carbocycles. The number of pyridine rings is 1. The molecule has 3 rings (SSSR count). The maximum absolute atomic E-state index is 12.7. The second-order valence-corrected chi connectivity index (χ2v) is 15.9. The van der Waals surface area contributed by atoms with E-state index < -0.39 is 35.8 Å². The first kappa shape index (κ1) is 50.6. The lowest BCUT2D eigenvalue weighted by atomic mass is 10.1. The maximum atomic E-state index is 12.7. The Hall–Kier alpha value is -5.76. The molecule has 2 amide bonds. The highest BCUT2D eigenvalue weighted by Gasteiger charge is 2.24. The van der Waals surface area contributed by atoms with Crippen molar-refractivity contribution in [1.82, 2.24) is 10.6 Å². The molecule has 3 aromatic rings. The topological polar surface area (TPSA) is 236 Å². The van der Waals surface area contributed by atoms with Crippen molar-refractivity contribution in [2.45, 2.75) is 18.6 Å². The summed E-state index contributed by atoms with van der Waals surface area (Å²) in [4.78, 5) is 56.8. The predicted molar refractivity (Wildman–Crippen MR) is 246 cm³/mol. The van der Waals surface area contributed by atoms with Gasteiger partial charge in [0.1, 0.15) is 18.6 Å². The van der Waals surface area contributed by atoms with Gasteiger partial charge < -0.3 is 51.1 Å². The smallest absolute Gasteiger partial charge is 0.327 e. The standard InChI is InChI=1S/C44H54N6O10S2/c1-2-33(3-4-34-7-11-37(12-8-34)49(21-25-51)22-26-52)15-18-45-29-41(55)46-39(43(57)58)31-61-62-32-40(44(59)60)47-42(56)30-48-19-16-36(17-20-48)6-5-35-9-13-38(14-10-35)50(23-27-53)24-28-54/h2-20,39-40,51-54H,1,21-32H2,(H3-,46,47,55,56,57,58,59,60)/p+1/b4-3+,33-15+,45-18?. The van der Waals surface area contributed by atoms with Gasteiger partial charge in [-0.05, 0) is 52.6 Å². The van der Waals surface area contributed by atoms with Crippen LogP contribution in [0.3, 0.4) is 0 Å². The Labute approximate surface area is 369 Å². The molecule has 16 nitrogen and oxygen atoms in total. The molecule has 0 aliphatic carbocycles. The van der Waals surface area contributed by atoms with Crippen molar-refractivity contribution >= 4 is 81.2 Å². The zero-order chi connectivity index (χ0) is 45.1. The first-order chi connectivity index (χ1) is 30.0. The third kappa shape index (κ3) is 18.9. The molecule has 8 N–H and O–H groups in total. The van der Waals surface area contributed by atoms with Crippen molar-refractivity contribution in [3.8, 4) is 0 Å². The van der Waals surface area contributed by atoms with Gasteiger partial charge in [0.05, 0.1) is 26.4 Å². The molecule has 1 heterocycles. The SMILES string of the molecule is C=CC(/C=C/c1ccc(N(CCO)CCO)cc1)=C\C=NCC(=O)NC(CSSCC(NC(=O)C[n+]1ccc(/C=C/c2ccc(N(CCO)CCO)cc2)cc1)C(=O)O)C(=O)O. The van der Waals surface area contributed by atoms with Crippen molar-refractivity contribution in [2.75, 3.05) is 80.5 Å². The number of carboxylic acids is 2. The van der Waals surface area contributed by atoms with Crippen LogP contribution in [0, 0.1) is 0 Å². The molecular formula is C44H55N6O10S2+. The molecular weight excluding hydrogens is 837 g/mol. The summed E-state index contributed by atoms with van der Waals surface area (Å²) in [5.74, 6) is -3.79. The summed E-state index contributed by atoms with van der Waals surface area (Å²) in [7, 11) is 2.10. The van der Waals surface area contributed by atoms with Crippen LogP contribution in [0.4, 0.5) is 11.4 Å². The highest BCUT2D eigenvalue weighted by Crippen LogP contribution is 2.23. The van der Waals surface area contributed by atoms with E-state index in [0.29, 0.717) is 31.8 Å². The fourth-order valence-electron chi connectivity index (χ4n) is 5.58. The van der Waals surface area contributed by atoms with Crippen LogP contribution in [0.25, 0.3) is 18.2 Å². The first-order valence-electron chi connectivity index (χ1n) is 19.6. The van der Waals surface area contributed by atoms with E-state index in [2.05, 4.69) is 22.2 Å². The number of aromatic nitrogens is 1. The second kappa shape index (κ2) is 28.7. The van der Waals surface area contributed by atoms with E-state index in [1.807, 2.05) is 88.7 Å². The molecule has 18 heteroatoms. The number of aliphatic hydroxyl groups excluding tert-OH is 4. The number of aliphatic carboxylic acids is 2. The van der Waals surface area contributed by atoms with Crippen molar-refractivity contribution in [3.63, 3.8) is 0 Å². The predicted octanol–water partition coefficient (Wildman–Crippen LogP) is 2.14. The zero-order valence-corrected chi connectivity index (χ0v) is 35.9.